The number of carbonyl (C=O) groups excluding carboxylic acids is 1. The number of amides is 2. The molecule has 0 aliphatic rings. The van der Waals surface area contributed by atoms with Gasteiger partial charge in [0, 0.05) is 21.1 Å². The molecule has 0 radical (unpaired) electrons. The van der Waals surface area contributed by atoms with E-state index in [0.29, 0.717) is 0 Å². The summed E-state index contributed by atoms with van der Waals surface area (Å²) in [5, 5.41) is 0. The van der Waals surface area contributed by atoms with Gasteiger partial charge < -0.3 is 4.90 Å². The molecule has 0 heterocycles. The Kier molecular flexibility index (Phi) is 3.91. The van der Waals surface area contributed by atoms with E-state index in [4.69, 9.17) is 0 Å². The Morgan fingerprint density at radius 1 is 1.23 bits per heavy atom. The highest BCUT2D eigenvalue weighted by molar-refractivity contribution is 5.85. The standard InChI is InChI=1S/C9H19N3O/c1-9(2,3)10-7-12(6)8(13)11(4)5/h7H,1-6H3. The lowest BCUT2D eigenvalue weighted by Crippen LogP contribution is -2.36. The third-order valence-corrected chi connectivity index (χ3v) is 1.30. The molecule has 76 valence electrons. The van der Waals surface area contributed by atoms with Crippen molar-refractivity contribution in [1.29, 1.82) is 0 Å². The molecular formula is C9H19N3O. The normalized spacial score (nSPS) is 11.8. The first-order valence-electron chi connectivity index (χ1n) is 4.23. The Bertz CT molecular complexity index is 203. The molecule has 0 atom stereocenters. The third-order valence-electron chi connectivity index (χ3n) is 1.30. The number of carbonyl (C=O) groups is 1. The van der Waals surface area contributed by atoms with Gasteiger partial charge >= 0.3 is 6.03 Å². The monoisotopic (exact) mass is 185 g/mol. The number of urea groups is 1. The van der Waals surface area contributed by atoms with Crippen molar-refractivity contribution in [3.05, 3.63) is 0 Å². The highest BCUT2D eigenvalue weighted by atomic mass is 16.2. The fourth-order valence-corrected chi connectivity index (χ4v) is 0.625. The van der Waals surface area contributed by atoms with Crippen molar-refractivity contribution in [2.75, 3.05) is 21.1 Å². The van der Waals surface area contributed by atoms with Crippen LogP contribution < -0.4 is 0 Å². The van der Waals surface area contributed by atoms with E-state index in [0.717, 1.165) is 0 Å². The van der Waals surface area contributed by atoms with Crippen molar-refractivity contribution < 1.29 is 4.79 Å². The summed E-state index contributed by atoms with van der Waals surface area (Å²) < 4.78 is 0. The molecule has 0 spiro atoms. The summed E-state index contributed by atoms with van der Waals surface area (Å²) >= 11 is 0. The number of hydrogen-bond acceptors (Lipinski definition) is 2. The maximum absolute atomic E-state index is 11.3. The van der Waals surface area contributed by atoms with Gasteiger partial charge in [0.2, 0.25) is 0 Å². The first-order valence-corrected chi connectivity index (χ1v) is 4.23. The summed E-state index contributed by atoms with van der Waals surface area (Å²) in [6.45, 7) is 5.95. The molecular weight excluding hydrogens is 166 g/mol. The van der Waals surface area contributed by atoms with Crippen molar-refractivity contribution in [3.8, 4) is 0 Å². The molecule has 0 aliphatic heterocycles. The van der Waals surface area contributed by atoms with Gasteiger partial charge in [-0.3, -0.25) is 9.89 Å². The molecule has 0 aliphatic carbocycles. The highest BCUT2D eigenvalue weighted by Gasteiger charge is 2.10. The van der Waals surface area contributed by atoms with Crippen LogP contribution >= 0.6 is 0 Å². The topological polar surface area (TPSA) is 35.9 Å². The molecule has 0 unspecified atom stereocenters. The van der Waals surface area contributed by atoms with Gasteiger partial charge in [0.15, 0.2) is 0 Å². The van der Waals surface area contributed by atoms with Crippen molar-refractivity contribution in [2.45, 2.75) is 26.3 Å². The molecule has 13 heavy (non-hydrogen) atoms. The lowest BCUT2D eigenvalue weighted by molar-refractivity contribution is 0.201. The molecule has 4 nitrogen and oxygen atoms in total. The Balaban J connectivity index is 4.23. The highest BCUT2D eigenvalue weighted by Crippen LogP contribution is 2.04. The van der Waals surface area contributed by atoms with E-state index < -0.39 is 0 Å². The number of nitrogens with zero attached hydrogens (tertiary/aromatic N) is 3. The van der Waals surface area contributed by atoms with Crippen LogP contribution in [0.2, 0.25) is 0 Å². The first kappa shape index (κ1) is 11.9. The zero-order valence-electron chi connectivity index (χ0n) is 9.33. The molecule has 0 saturated carbocycles. The second-order valence-corrected chi connectivity index (χ2v) is 4.20. The van der Waals surface area contributed by atoms with E-state index in [1.165, 1.54) is 9.80 Å². The van der Waals surface area contributed by atoms with Crippen LogP contribution in [-0.2, 0) is 0 Å². The summed E-state index contributed by atoms with van der Waals surface area (Å²) in [7, 11) is 5.12. The van der Waals surface area contributed by atoms with Crippen molar-refractivity contribution in [2.24, 2.45) is 4.99 Å². The summed E-state index contributed by atoms with van der Waals surface area (Å²) in [4.78, 5) is 18.5. The Morgan fingerprint density at radius 3 is 2.00 bits per heavy atom. The Hall–Kier alpha value is -1.06. The molecule has 0 saturated heterocycles. The minimum absolute atomic E-state index is 0.0759. The van der Waals surface area contributed by atoms with Crippen LogP contribution in [0, 0.1) is 0 Å². The third kappa shape index (κ3) is 5.22. The van der Waals surface area contributed by atoms with Crippen molar-refractivity contribution in [3.63, 3.8) is 0 Å². The van der Waals surface area contributed by atoms with Crippen LogP contribution in [-0.4, -0.2) is 48.9 Å². The average Bonchev–Trinajstić information content (AvgIpc) is 1.97. The minimum atomic E-state index is -0.138. The maximum Gasteiger partial charge on any atom is 0.324 e. The first-order chi connectivity index (χ1) is 5.74. The second kappa shape index (κ2) is 4.25. The molecule has 4 heteroatoms. The average molecular weight is 185 g/mol. The molecule has 0 N–H and O–H groups in total. The van der Waals surface area contributed by atoms with E-state index in [-0.39, 0.29) is 11.6 Å². The van der Waals surface area contributed by atoms with E-state index >= 15 is 0 Å². The van der Waals surface area contributed by atoms with Crippen LogP contribution in [0.25, 0.3) is 0 Å². The SMILES string of the molecule is CN(C)C(=O)N(C)C=NC(C)(C)C. The van der Waals surface area contributed by atoms with Crippen molar-refractivity contribution in [1.82, 2.24) is 9.80 Å². The molecule has 0 fully saturated rings. The fourth-order valence-electron chi connectivity index (χ4n) is 0.625. The van der Waals surface area contributed by atoms with Gasteiger partial charge in [0.05, 0.1) is 11.9 Å². The van der Waals surface area contributed by atoms with Crippen LogP contribution in [0.3, 0.4) is 0 Å². The van der Waals surface area contributed by atoms with E-state index in [2.05, 4.69) is 4.99 Å². The van der Waals surface area contributed by atoms with Gasteiger partial charge in [-0.1, -0.05) is 0 Å². The van der Waals surface area contributed by atoms with Crippen LogP contribution in [0.5, 0.6) is 0 Å². The zero-order chi connectivity index (χ0) is 10.6. The maximum atomic E-state index is 11.3. The fraction of sp³-hybridized carbons (Fsp3) is 0.778. The predicted octanol–water partition coefficient (Wildman–Crippen LogP) is 1.43. The van der Waals surface area contributed by atoms with E-state index in [1.807, 2.05) is 20.8 Å². The van der Waals surface area contributed by atoms with E-state index in [1.54, 1.807) is 27.5 Å². The Labute approximate surface area is 80.2 Å². The van der Waals surface area contributed by atoms with Crippen LogP contribution in [0.4, 0.5) is 4.79 Å². The second-order valence-electron chi connectivity index (χ2n) is 4.20. The molecule has 0 rings (SSSR count). The molecule has 0 aromatic heterocycles. The summed E-state index contributed by atoms with van der Waals surface area (Å²) in [6.07, 6.45) is 1.56. The summed E-state index contributed by atoms with van der Waals surface area (Å²) in [6, 6.07) is -0.0759. The number of rotatable bonds is 1. The zero-order valence-corrected chi connectivity index (χ0v) is 9.33. The largest absolute Gasteiger partial charge is 0.330 e. The van der Waals surface area contributed by atoms with Gasteiger partial charge in [-0.15, -0.1) is 0 Å². The van der Waals surface area contributed by atoms with Crippen molar-refractivity contribution >= 4 is 12.4 Å². The van der Waals surface area contributed by atoms with Gasteiger partial charge in [-0.25, -0.2) is 4.79 Å². The van der Waals surface area contributed by atoms with Gasteiger partial charge in [0.1, 0.15) is 0 Å². The predicted molar refractivity (Wildman–Crippen MR) is 55.1 cm³/mol. The molecule has 2 amide bonds. The smallest absolute Gasteiger partial charge is 0.324 e. The van der Waals surface area contributed by atoms with Gasteiger partial charge in [0.25, 0.3) is 0 Å². The number of aliphatic imine (C=N–C) groups is 1. The minimum Gasteiger partial charge on any atom is -0.330 e. The lowest BCUT2D eigenvalue weighted by atomic mass is 10.1. The summed E-state index contributed by atoms with van der Waals surface area (Å²) in [5.41, 5.74) is -0.138. The van der Waals surface area contributed by atoms with E-state index in [9.17, 15) is 4.79 Å². The van der Waals surface area contributed by atoms with Gasteiger partial charge in [-0.2, -0.15) is 0 Å². The summed E-state index contributed by atoms with van der Waals surface area (Å²) in [5.74, 6) is 0. The van der Waals surface area contributed by atoms with Crippen LogP contribution in [0.15, 0.2) is 4.99 Å². The molecule has 0 bridgehead atoms. The molecule has 0 aromatic carbocycles. The molecule has 0 aromatic rings. The Morgan fingerprint density at radius 2 is 1.69 bits per heavy atom. The quantitative estimate of drug-likeness (QED) is 0.449. The number of hydrogen-bond donors (Lipinski definition) is 0. The lowest BCUT2D eigenvalue weighted by Gasteiger charge is -2.19. The van der Waals surface area contributed by atoms with Crippen LogP contribution in [0.1, 0.15) is 20.8 Å². The van der Waals surface area contributed by atoms with Gasteiger partial charge in [-0.05, 0) is 20.8 Å².